The van der Waals surface area contributed by atoms with Gasteiger partial charge < -0.3 is 14.8 Å². The van der Waals surface area contributed by atoms with Crippen LogP contribution in [0.1, 0.15) is 18.1 Å². The van der Waals surface area contributed by atoms with Gasteiger partial charge >= 0.3 is 12.1 Å². The van der Waals surface area contributed by atoms with Crippen LogP contribution < -0.4 is 10.1 Å². The molecule has 0 aromatic heterocycles. The van der Waals surface area contributed by atoms with E-state index in [4.69, 9.17) is 21.1 Å². The molecule has 0 saturated heterocycles. The van der Waals surface area contributed by atoms with Crippen molar-refractivity contribution >= 4 is 29.2 Å². The van der Waals surface area contributed by atoms with Crippen LogP contribution in [0, 0.1) is 0 Å². The number of methoxy groups -OCH3 is 1. The van der Waals surface area contributed by atoms with Crippen LogP contribution in [0.15, 0.2) is 42.5 Å². The van der Waals surface area contributed by atoms with Gasteiger partial charge in [-0.3, -0.25) is 9.59 Å². The van der Waals surface area contributed by atoms with E-state index in [1.54, 1.807) is 12.1 Å². The largest absolute Gasteiger partial charge is 0.496 e. The Kier molecular flexibility index (Phi) is 6.90. The van der Waals surface area contributed by atoms with Crippen LogP contribution in [0.3, 0.4) is 0 Å². The molecule has 0 radical (unpaired) electrons. The Morgan fingerprint density at radius 1 is 1.18 bits per heavy atom. The molecular formula is C19H17ClF3NO4. The van der Waals surface area contributed by atoms with Crippen molar-refractivity contribution in [3.8, 4) is 5.75 Å². The van der Waals surface area contributed by atoms with Crippen molar-refractivity contribution in [3.63, 3.8) is 0 Å². The normalized spacial score (nSPS) is 12.2. The van der Waals surface area contributed by atoms with Gasteiger partial charge in [0.25, 0.3) is 5.91 Å². The predicted octanol–water partition coefficient (Wildman–Crippen LogP) is 4.48. The van der Waals surface area contributed by atoms with Crippen LogP contribution in [-0.2, 0) is 26.9 Å². The number of hydrogen-bond acceptors (Lipinski definition) is 4. The van der Waals surface area contributed by atoms with Gasteiger partial charge in [-0.05, 0) is 37.3 Å². The van der Waals surface area contributed by atoms with Crippen LogP contribution in [0.4, 0.5) is 18.9 Å². The first kappa shape index (κ1) is 21.6. The Labute approximate surface area is 164 Å². The quantitative estimate of drug-likeness (QED) is 0.706. The summed E-state index contributed by atoms with van der Waals surface area (Å²) in [5, 5.41) is 2.52. The summed E-state index contributed by atoms with van der Waals surface area (Å²) in [6.45, 7) is 1.26. The fourth-order valence-electron chi connectivity index (χ4n) is 2.41. The fraction of sp³-hybridized carbons (Fsp3) is 0.263. The molecule has 9 heteroatoms. The third kappa shape index (κ3) is 5.63. The fourth-order valence-corrected chi connectivity index (χ4v) is 2.60. The minimum atomic E-state index is -4.63. The van der Waals surface area contributed by atoms with E-state index < -0.39 is 35.4 Å². The maximum Gasteiger partial charge on any atom is 0.418 e. The van der Waals surface area contributed by atoms with Crippen molar-refractivity contribution in [2.45, 2.75) is 25.6 Å². The molecule has 2 aromatic rings. The van der Waals surface area contributed by atoms with E-state index in [9.17, 15) is 22.8 Å². The molecule has 0 unspecified atom stereocenters. The standard InChI is InChI=1S/C19H17ClF3NO4/c1-11(18(26)24-15-6-4-3-5-14(15)19(21,22)23)28-17(25)10-12-9-13(20)7-8-16(12)27-2/h3-9,11H,10H2,1-2H3,(H,24,26)/t11-/m0/s1. The van der Waals surface area contributed by atoms with Crippen molar-refractivity contribution in [1.29, 1.82) is 0 Å². The van der Waals surface area contributed by atoms with Crippen LogP contribution >= 0.6 is 11.6 Å². The number of ether oxygens (including phenoxy) is 2. The molecule has 2 rings (SSSR count). The summed E-state index contributed by atoms with van der Waals surface area (Å²) in [5.41, 5.74) is -0.958. The van der Waals surface area contributed by atoms with E-state index in [0.29, 0.717) is 16.3 Å². The highest BCUT2D eigenvalue weighted by atomic mass is 35.5. The number of carbonyl (C=O) groups is 2. The average molecular weight is 416 g/mol. The molecule has 5 nitrogen and oxygen atoms in total. The number of halogens is 4. The van der Waals surface area contributed by atoms with E-state index in [-0.39, 0.29) is 6.42 Å². The second-order valence-electron chi connectivity index (χ2n) is 5.80. The maximum atomic E-state index is 13.0. The molecular weight excluding hydrogens is 399 g/mol. The lowest BCUT2D eigenvalue weighted by atomic mass is 10.1. The minimum absolute atomic E-state index is 0.222. The summed E-state index contributed by atoms with van der Waals surface area (Å²) < 4.78 is 49.1. The Bertz CT molecular complexity index is 870. The first-order chi connectivity index (χ1) is 13.1. The van der Waals surface area contributed by atoms with Gasteiger partial charge in [0.15, 0.2) is 6.10 Å². The molecule has 0 bridgehead atoms. The third-order valence-corrected chi connectivity index (χ3v) is 3.98. The van der Waals surface area contributed by atoms with Crippen molar-refractivity contribution in [2.75, 3.05) is 12.4 Å². The van der Waals surface area contributed by atoms with Gasteiger partial charge in [0.05, 0.1) is 24.8 Å². The number of amides is 1. The highest BCUT2D eigenvalue weighted by Gasteiger charge is 2.34. The zero-order valence-electron chi connectivity index (χ0n) is 15.0. The van der Waals surface area contributed by atoms with E-state index in [2.05, 4.69) is 5.32 Å². The molecule has 0 aliphatic rings. The topological polar surface area (TPSA) is 64.6 Å². The number of esters is 1. The van der Waals surface area contributed by atoms with Crippen LogP contribution in [0.5, 0.6) is 5.75 Å². The number of alkyl halides is 3. The number of benzene rings is 2. The maximum absolute atomic E-state index is 13.0. The number of nitrogens with one attached hydrogen (secondary N) is 1. The molecule has 28 heavy (non-hydrogen) atoms. The van der Waals surface area contributed by atoms with Crippen LogP contribution in [0.25, 0.3) is 0 Å². The monoisotopic (exact) mass is 415 g/mol. The van der Waals surface area contributed by atoms with Gasteiger partial charge in [0, 0.05) is 10.6 Å². The second kappa shape index (κ2) is 8.97. The zero-order valence-corrected chi connectivity index (χ0v) is 15.7. The SMILES string of the molecule is COc1ccc(Cl)cc1CC(=O)O[C@@H](C)C(=O)Nc1ccccc1C(F)(F)F. The number of hydrogen-bond donors (Lipinski definition) is 1. The number of anilines is 1. The molecule has 1 N–H and O–H groups in total. The molecule has 2 aromatic carbocycles. The first-order valence-electron chi connectivity index (χ1n) is 8.10. The van der Waals surface area contributed by atoms with Gasteiger partial charge in [-0.2, -0.15) is 13.2 Å². The Morgan fingerprint density at radius 2 is 1.86 bits per heavy atom. The lowest BCUT2D eigenvalue weighted by Crippen LogP contribution is -2.31. The summed E-state index contributed by atoms with van der Waals surface area (Å²) >= 11 is 5.89. The lowest BCUT2D eigenvalue weighted by molar-refractivity contribution is -0.152. The van der Waals surface area contributed by atoms with Crippen molar-refractivity contribution < 1.29 is 32.2 Å². The molecule has 0 aliphatic heterocycles. The van der Waals surface area contributed by atoms with Gasteiger partial charge in [0.1, 0.15) is 5.75 Å². The molecule has 150 valence electrons. The Balaban J connectivity index is 2.03. The number of para-hydroxylation sites is 1. The highest BCUT2D eigenvalue weighted by molar-refractivity contribution is 6.30. The zero-order chi connectivity index (χ0) is 20.9. The van der Waals surface area contributed by atoms with Gasteiger partial charge in [-0.1, -0.05) is 23.7 Å². The summed E-state index contributed by atoms with van der Waals surface area (Å²) in [7, 11) is 1.42. The van der Waals surface area contributed by atoms with Crippen molar-refractivity contribution in [2.24, 2.45) is 0 Å². The molecule has 1 amide bonds. The van der Waals surface area contributed by atoms with Crippen molar-refractivity contribution in [3.05, 3.63) is 58.6 Å². The van der Waals surface area contributed by atoms with Gasteiger partial charge in [-0.25, -0.2) is 0 Å². The third-order valence-electron chi connectivity index (χ3n) is 3.75. The minimum Gasteiger partial charge on any atom is -0.496 e. The second-order valence-corrected chi connectivity index (χ2v) is 6.23. The van der Waals surface area contributed by atoms with E-state index in [1.807, 2.05) is 0 Å². The molecule has 0 saturated carbocycles. The smallest absolute Gasteiger partial charge is 0.418 e. The highest BCUT2D eigenvalue weighted by Crippen LogP contribution is 2.34. The number of rotatable bonds is 6. The first-order valence-corrected chi connectivity index (χ1v) is 8.48. The van der Waals surface area contributed by atoms with Gasteiger partial charge in [-0.15, -0.1) is 0 Å². The lowest BCUT2D eigenvalue weighted by Gasteiger charge is -2.17. The summed E-state index contributed by atoms with van der Waals surface area (Å²) in [6.07, 6.45) is -6.16. The van der Waals surface area contributed by atoms with E-state index in [0.717, 1.165) is 12.1 Å². The van der Waals surface area contributed by atoms with E-state index >= 15 is 0 Å². The Morgan fingerprint density at radius 3 is 2.50 bits per heavy atom. The molecule has 0 aliphatic carbocycles. The molecule has 1 atom stereocenters. The van der Waals surface area contributed by atoms with Crippen LogP contribution in [0.2, 0.25) is 5.02 Å². The molecule has 0 fully saturated rings. The van der Waals surface area contributed by atoms with Crippen molar-refractivity contribution in [1.82, 2.24) is 0 Å². The summed E-state index contributed by atoms with van der Waals surface area (Å²) in [4.78, 5) is 24.3. The predicted molar refractivity (Wildman–Crippen MR) is 97.3 cm³/mol. The van der Waals surface area contributed by atoms with Gasteiger partial charge in [0.2, 0.25) is 0 Å². The average Bonchev–Trinajstić information content (AvgIpc) is 2.61. The van der Waals surface area contributed by atoms with Crippen LogP contribution in [-0.4, -0.2) is 25.1 Å². The molecule has 0 heterocycles. The summed E-state index contributed by atoms with van der Waals surface area (Å²) in [5.74, 6) is -1.23. The number of carbonyl (C=O) groups excluding carboxylic acids is 2. The molecule has 0 spiro atoms. The van der Waals surface area contributed by atoms with E-state index in [1.165, 1.54) is 32.2 Å². The summed E-state index contributed by atoms with van der Waals surface area (Å²) in [6, 6.07) is 9.21. The Hall–Kier alpha value is -2.74.